The number of halogens is 3. The molecule has 0 amide bonds. The Morgan fingerprint density at radius 2 is 1.81 bits per heavy atom. The summed E-state index contributed by atoms with van der Waals surface area (Å²) >= 11 is 1.45. The number of rotatable bonds is 2. The molecule has 2 aromatic heterocycles. The van der Waals surface area contributed by atoms with Gasteiger partial charge in [-0.2, -0.15) is 13.2 Å². The summed E-state index contributed by atoms with van der Waals surface area (Å²) < 4.78 is 42.9. The van der Waals surface area contributed by atoms with E-state index in [2.05, 4.69) is 5.16 Å². The van der Waals surface area contributed by atoms with Gasteiger partial charge >= 0.3 is 6.18 Å². The van der Waals surface area contributed by atoms with Crippen LogP contribution in [0.15, 0.2) is 46.3 Å². The van der Waals surface area contributed by atoms with Gasteiger partial charge in [-0.3, -0.25) is 0 Å². The van der Waals surface area contributed by atoms with Gasteiger partial charge < -0.3 is 10.3 Å². The lowest BCUT2D eigenvalue weighted by molar-refractivity contribution is -0.137. The molecule has 3 aromatic rings. The summed E-state index contributed by atoms with van der Waals surface area (Å²) in [4.78, 5) is 0.851. The number of thiophene rings is 1. The van der Waals surface area contributed by atoms with Crippen LogP contribution >= 0.6 is 11.3 Å². The van der Waals surface area contributed by atoms with Gasteiger partial charge in [-0.25, -0.2) is 0 Å². The van der Waals surface area contributed by atoms with E-state index in [1.54, 1.807) is 0 Å². The molecule has 3 rings (SSSR count). The Morgan fingerprint density at radius 1 is 1.10 bits per heavy atom. The molecular weight excluding hydrogens is 301 g/mol. The quantitative estimate of drug-likeness (QED) is 0.748. The molecule has 2 heterocycles. The summed E-state index contributed by atoms with van der Waals surface area (Å²) in [5, 5.41) is 5.58. The van der Waals surface area contributed by atoms with Gasteiger partial charge in [0.05, 0.1) is 11.1 Å². The molecule has 2 N–H and O–H groups in total. The van der Waals surface area contributed by atoms with Gasteiger partial charge in [0, 0.05) is 10.4 Å². The number of alkyl halides is 3. The number of hydrogen-bond acceptors (Lipinski definition) is 4. The van der Waals surface area contributed by atoms with Crippen LogP contribution in [0.2, 0.25) is 0 Å². The van der Waals surface area contributed by atoms with Crippen molar-refractivity contribution in [3.05, 3.63) is 47.3 Å². The zero-order chi connectivity index (χ0) is 15.0. The van der Waals surface area contributed by atoms with Crippen LogP contribution in [0.1, 0.15) is 5.56 Å². The Kier molecular flexibility index (Phi) is 3.21. The Morgan fingerprint density at radius 3 is 2.38 bits per heavy atom. The summed E-state index contributed by atoms with van der Waals surface area (Å²) in [5.41, 5.74) is 6.18. The lowest BCUT2D eigenvalue weighted by Crippen LogP contribution is -2.03. The number of aromatic nitrogens is 1. The van der Waals surface area contributed by atoms with Crippen LogP contribution in [0.3, 0.4) is 0 Å². The molecule has 0 spiro atoms. The summed E-state index contributed by atoms with van der Waals surface area (Å²) in [5.74, 6) is 0.580. The normalized spacial score (nSPS) is 11.8. The van der Waals surface area contributed by atoms with Crippen LogP contribution < -0.4 is 5.73 Å². The Labute approximate surface area is 121 Å². The van der Waals surface area contributed by atoms with Crippen molar-refractivity contribution < 1.29 is 17.7 Å². The first-order valence-corrected chi connectivity index (χ1v) is 6.81. The third-order valence-electron chi connectivity index (χ3n) is 2.96. The molecule has 0 unspecified atom stereocenters. The molecule has 0 saturated heterocycles. The van der Waals surface area contributed by atoms with E-state index in [0.717, 1.165) is 17.0 Å². The van der Waals surface area contributed by atoms with E-state index < -0.39 is 11.7 Å². The zero-order valence-corrected chi connectivity index (χ0v) is 11.3. The van der Waals surface area contributed by atoms with Gasteiger partial charge in [-0.1, -0.05) is 23.4 Å². The summed E-state index contributed by atoms with van der Waals surface area (Å²) in [6.45, 7) is 0. The van der Waals surface area contributed by atoms with E-state index in [1.807, 2.05) is 17.5 Å². The summed E-state index contributed by atoms with van der Waals surface area (Å²) in [7, 11) is 0. The standard InChI is InChI=1S/C14H9F3N2OS/c15-14(16,17)9-5-3-8(4-6-9)12-11(13(18)19-20-12)10-2-1-7-21-10/h1-7H,(H2,18,19). The number of nitrogens with zero attached hydrogens (tertiary/aromatic N) is 1. The van der Waals surface area contributed by atoms with Gasteiger partial charge in [-0.05, 0) is 23.6 Å². The van der Waals surface area contributed by atoms with Crippen molar-refractivity contribution in [1.29, 1.82) is 0 Å². The molecule has 0 bridgehead atoms. The second-order valence-electron chi connectivity index (χ2n) is 4.32. The highest BCUT2D eigenvalue weighted by atomic mass is 32.1. The average Bonchev–Trinajstić information content (AvgIpc) is 3.06. The first-order valence-electron chi connectivity index (χ1n) is 5.93. The molecule has 0 saturated carbocycles. The highest BCUT2D eigenvalue weighted by Gasteiger charge is 2.30. The number of hydrogen-bond donors (Lipinski definition) is 1. The maximum Gasteiger partial charge on any atom is 0.416 e. The number of nitrogen functional groups attached to an aromatic ring is 1. The van der Waals surface area contributed by atoms with Crippen molar-refractivity contribution in [2.75, 3.05) is 5.73 Å². The SMILES string of the molecule is Nc1noc(-c2ccc(C(F)(F)F)cc2)c1-c1cccs1. The molecule has 3 nitrogen and oxygen atoms in total. The summed E-state index contributed by atoms with van der Waals surface area (Å²) in [6, 6.07) is 8.41. The molecule has 0 aliphatic rings. The molecule has 0 radical (unpaired) electrons. The Hall–Kier alpha value is -2.28. The molecule has 1 aromatic carbocycles. The minimum atomic E-state index is -4.37. The minimum Gasteiger partial charge on any atom is -0.380 e. The number of anilines is 1. The summed E-state index contributed by atoms with van der Waals surface area (Å²) in [6.07, 6.45) is -4.37. The van der Waals surface area contributed by atoms with Gasteiger partial charge in [0.15, 0.2) is 11.6 Å². The molecule has 0 aliphatic carbocycles. The third kappa shape index (κ3) is 2.52. The van der Waals surface area contributed by atoms with Gasteiger partial charge in [-0.15, -0.1) is 11.3 Å². The third-order valence-corrected chi connectivity index (χ3v) is 3.85. The average molecular weight is 310 g/mol. The lowest BCUT2D eigenvalue weighted by Gasteiger charge is -2.07. The Bertz CT molecular complexity index is 746. The minimum absolute atomic E-state index is 0.215. The molecule has 0 fully saturated rings. The van der Waals surface area contributed by atoms with E-state index in [0.29, 0.717) is 16.9 Å². The van der Waals surface area contributed by atoms with Gasteiger partial charge in [0.2, 0.25) is 0 Å². The van der Waals surface area contributed by atoms with Crippen LogP contribution in [0, 0.1) is 0 Å². The van der Waals surface area contributed by atoms with E-state index in [-0.39, 0.29) is 5.82 Å². The van der Waals surface area contributed by atoms with E-state index >= 15 is 0 Å². The molecule has 21 heavy (non-hydrogen) atoms. The van der Waals surface area contributed by atoms with Crippen molar-refractivity contribution in [3.63, 3.8) is 0 Å². The van der Waals surface area contributed by atoms with Crippen molar-refractivity contribution in [1.82, 2.24) is 5.16 Å². The van der Waals surface area contributed by atoms with Gasteiger partial charge in [0.25, 0.3) is 0 Å². The van der Waals surface area contributed by atoms with E-state index in [4.69, 9.17) is 10.3 Å². The second kappa shape index (κ2) is 4.92. The van der Waals surface area contributed by atoms with Crippen molar-refractivity contribution >= 4 is 17.2 Å². The number of nitrogens with two attached hydrogens (primary N) is 1. The maximum absolute atomic E-state index is 12.6. The topological polar surface area (TPSA) is 52.0 Å². The monoisotopic (exact) mass is 310 g/mol. The maximum atomic E-state index is 12.6. The predicted molar refractivity (Wildman–Crippen MR) is 74.7 cm³/mol. The fourth-order valence-corrected chi connectivity index (χ4v) is 2.74. The first kappa shape index (κ1) is 13.7. The lowest BCUT2D eigenvalue weighted by atomic mass is 10.1. The Balaban J connectivity index is 2.06. The molecule has 108 valence electrons. The van der Waals surface area contributed by atoms with Crippen LogP contribution in [0.4, 0.5) is 19.0 Å². The molecular formula is C14H9F3N2OS. The van der Waals surface area contributed by atoms with Crippen LogP contribution in [-0.4, -0.2) is 5.16 Å². The van der Waals surface area contributed by atoms with E-state index in [1.165, 1.54) is 23.5 Å². The second-order valence-corrected chi connectivity index (χ2v) is 5.27. The fourth-order valence-electron chi connectivity index (χ4n) is 1.97. The molecule has 7 heteroatoms. The van der Waals surface area contributed by atoms with Crippen LogP contribution in [0.5, 0.6) is 0 Å². The smallest absolute Gasteiger partial charge is 0.380 e. The van der Waals surface area contributed by atoms with Crippen LogP contribution in [-0.2, 0) is 6.18 Å². The highest BCUT2D eigenvalue weighted by molar-refractivity contribution is 7.13. The first-order chi connectivity index (χ1) is 9.97. The largest absolute Gasteiger partial charge is 0.416 e. The van der Waals surface area contributed by atoms with Gasteiger partial charge in [0.1, 0.15) is 0 Å². The van der Waals surface area contributed by atoms with E-state index in [9.17, 15) is 13.2 Å². The molecule has 0 aliphatic heterocycles. The predicted octanol–water partition coefficient (Wildman–Crippen LogP) is 4.67. The van der Waals surface area contributed by atoms with Crippen molar-refractivity contribution in [3.8, 4) is 21.8 Å². The van der Waals surface area contributed by atoms with Crippen molar-refractivity contribution in [2.24, 2.45) is 0 Å². The van der Waals surface area contributed by atoms with Crippen molar-refractivity contribution in [2.45, 2.75) is 6.18 Å². The van der Waals surface area contributed by atoms with Crippen LogP contribution in [0.25, 0.3) is 21.8 Å². The highest BCUT2D eigenvalue weighted by Crippen LogP contribution is 2.39. The number of benzene rings is 1. The fraction of sp³-hybridized carbons (Fsp3) is 0.0714. The molecule has 0 atom stereocenters. The zero-order valence-electron chi connectivity index (χ0n) is 10.5.